The van der Waals surface area contributed by atoms with E-state index in [2.05, 4.69) is 10.6 Å². The van der Waals surface area contributed by atoms with Gasteiger partial charge in [0, 0.05) is 18.0 Å². The average molecular weight is 276 g/mol. The third-order valence-corrected chi connectivity index (χ3v) is 3.19. The summed E-state index contributed by atoms with van der Waals surface area (Å²) in [6, 6.07) is -0.119. The van der Waals surface area contributed by atoms with Crippen molar-refractivity contribution in [1.29, 1.82) is 0 Å². The summed E-state index contributed by atoms with van der Waals surface area (Å²) < 4.78 is 0. The summed E-state index contributed by atoms with van der Waals surface area (Å²) in [5.74, 6) is 0.155. The summed E-state index contributed by atoms with van der Waals surface area (Å²) in [4.78, 5) is 22.2. The van der Waals surface area contributed by atoms with E-state index in [-0.39, 0.29) is 18.5 Å². The Kier molecular flexibility index (Phi) is 7.82. The van der Waals surface area contributed by atoms with E-state index in [0.717, 1.165) is 12.2 Å². The maximum Gasteiger partial charge on any atom is 0.315 e. The lowest BCUT2D eigenvalue weighted by Gasteiger charge is -2.26. The summed E-state index contributed by atoms with van der Waals surface area (Å²) in [6.45, 7) is 5.60. The molecule has 5 nitrogen and oxygen atoms in total. The highest BCUT2D eigenvalue weighted by atomic mass is 32.2. The Bertz CT molecular complexity index is 282. The molecule has 0 saturated heterocycles. The Morgan fingerprint density at radius 1 is 1.39 bits per heavy atom. The highest BCUT2D eigenvalue weighted by molar-refractivity contribution is 7.98. The number of carbonyl (C=O) groups is 2. The molecule has 0 bridgehead atoms. The molecule has 0 radical (unpaired) electrons. The molecule has 18 heavy (non-hydrogen) atoms. The Labute approximate surface area is 113 Å². The second-order valence-electron chi connectivity index (χ2n) is 5.06. The van der Waals surface area contributed by atoms with E-state index in [1.807, 2.05) is 27.0 Å². The van der Waals surface area contributed by atoms with Crippen LogP contribution in [0.15, 0.2) is 0 Å². The molecule has 0 aromatic heterocycles. The van der Waals surface area contributed by atoms with Gasteiger partial charge in [-0.05, 0) is 45.6 Å². The van der Waals surface area contributed by atoms with Crippen molar-refractivity contribution in [2.45, 2.75) is 51.6 Å². The highest BCUT2D eigenvalue weighted by Crippen LogP contribution is 2.11. The van der Waals surface area contributed by atoms with Crippen LogP contribution in [0, 0.1) is 0 Å². The van der Waals surface area contributed by atoms with Gasteiger partial charge >= 0.3 is 12.0 Å². The van der Waals surface area contributed by atoms with Crippen LogP contribution in [-0.4, -0.2) is 40.7 Å². The first kappa shape index (κ1) is 17.1. The van der Waals surface area contributed by atoms with Crippen LogP contribution in [-0.2, 0) is 4.79 Å². The zero-order chi connectivity index (χ0) is 14.2. The molecule has 0 aromatic carbocycles. The molecule has 1 atom stereocenters. The van der Waals surface area contributed by atoms with Crippen LogP contribution in [0.3, 0.4) is 0 Å². The molecule has 0 spiro atoms. The van der Waals surface area contributed by atoms with Gasteiger partial charge in [0.2, 0.25) is 0 Å². The molecular formula is C12H24N2O3S. The van der Waals surface area contributed by atoms with Gasteiger partial charge < -0.3 is 15.7 Å². The number of hydrogen-bond donors (Lipinski definition) is 3. The Morgan fingerprint density at radius 3 is 2.50 bits per heavy atom. The van der Waals surface area contributed by atoms with E-state index in [1.165, 1.54) is 0 Å². The molecule has 2 amide bonds. The normalized spacial score (nSPS) is 12.9. The van der Waals surface area contributed by atoms with Gasteiger partial charge in [-0.15, -0.1) is 0 Å². The number of urea groups is 1. The fourth-order valence-corrected chi connectivity index (χ4v) is 2.01. The van der Waals surface area contributed by atoms with Crippen LogP contribution in [0.5, 0.6) is 0 Å². The van der Waals surface area contributed by atoms with E-state index < -0.39 is 11.5 Å². The second-order valence-corrected chi connectivity index (χ2v) is 6.04. The van der Waals surface area contributed by atoms with Crippen LogP contribution >= 0.6 is 11.8 Å². The largest absolute Gasteiger partial charge is 0.481 e. The molecule has 106 valence electrons. The van der Waals surface area contributed by atoms with Gasteiger partial charge in [-0.2, -0.15) is 11.8 Å². The van der Waals surface area contributed by atoms with Gasteiger partial charge in [0.15, 0.2) is 0 Å². The number of aliphatic carboxylic acids is 1. The van der Waals surface area contributed by atoms with Crippen molar-refractivity contribution in [3.8, 4) is 0 Å². The predicted octanol–water partition coefficient (Wildman–Crippen LogP) is 2.07. The lowest BCUT2D eigenvalue weighted by atomic mass is 9.99. The number of carboxylic acid groups (broad SMARTS) is 1. The number of carbonyl (C=O) groups excluding carboxylic acids is 1. The van der Waals surface area contributed by atoms with Crippen molar-refractivity contribution in [2.75, 3.05) is 12.0 Å². The highest BCUT2D eigenvalue weighted by Gasteiger charge is 2.21. The number of rotatable bonds is 8. The smallest absolute Gasteiger partial charge is 0.315 e. The van der Waals surface area contributed by atoms with Crippen LogP contribution in [0.2, 0.25) is 0 Å². The Hall–Kier alpha value is -0.910. The van der Waals surface area contributed by atoms with Crippen molar-refractivity contribution < 1.29 is 14.7 Å². The molecule has 0 aromatic rings. The first-order valence-corrected chi connectivity index (χ1v) is 7.45. The Morgan fingerprint density at radius 2 is 2.00 bits per heavy atom. The second kappa shape index (κ2) is 8.24. The third-order valence-electron chi connectivity index (χ3n) is 2.55. The van der Waals surface area contributed by atoms with Gasteiger partial charge in [-0.1, -0.05) is 0 Å². The topological polar surface area (TPSA) is 78.4 Å². The molecule has 0 aliphatic carbocycles. The van der Waals surface area contributed by atoms with E-state index in [0.29, 0.717) is 6.42 Å². The lowest BCUT2D eigenvalue weighted by molar-refractivity contribution is -0.137. The van der Waals surface area contributed by atoms with Gasteiger partial charge in [0.1, 0.15) is 0 Å². The maximum atomic E-state index is 11.7. The summed E-state index contributed by atoms with van der Waals surface area (Å²) in [7, 11) is 0. The van der Waals surface area contributed by atoms with Crippen LogP contribution in [0.1, 0.15) is 40.0 Å². The summed E-state index contributed by atoms with van der Waals surface area (Å²) >= 11 is 1.74. The number of hydrogen-bond acceptors (Lipinski definition) is 3. The van der Waals surface area contributed by atoms with E-state index in [1.54, 1.807) is 11.8 Å². The van der Waals surface area contributed by atoms with Crippen molar-refractivity contribution in [3.63, 3.8) is 0 Å². The third kappa shape index (κ3) is 9.15. The van der Waals surface area contributed by atoms with E-state index in [4.69, 9.17) is 5.11 Å². The molecule has 0 saturated carbocycles. The molecule has 0 aliphatic heterocycles. The molecule has 3 N–H and O–H groups in total. The summed E-state index contributed by atoms with van der Waals surface area (Å²) in [5, 5.41) is 14.3. The number of thioether (sulfide) groups is 1. The number of carboxylic acids is 1. The molecule has 0 rings (SSSR count). The summed E-state index contributed by atoms with van der Waals surface area (Å²) in [6.07, 6.45) is 3.41. The lowest BCUT2D eigenvalue weighted by Crippen LogP contribution is -2.50. The number of nitrogens with one attached hydrogen (secondary N) is 2. The minimum Gasteiger partial charge on any atom is -0.481 e. The zero-order valence-electron chi connectivity index (χ0n) is 11.6. The fraction of sp³-hybridized carbons (Fsp3) is 0.833. The van der Waals surface area contributed by atoms with Crippen molar-refractivity contribution in [2.24, 2.45) is 0 Å². The van der Waals surface area contributed by atoms with Crippen molar-refractivity contribution in [3.05, 3.63) is 0 Å². The van der Waals surface area contributed by atoms with Gasteiger partial charge in [-0.3, -0.25) is 4.79 Å². The fourth-order valence-electron chi connectivity index (χ4n) is 1.42. The molecular weight excluding hydrogens is 252 g/mol. The predicted molar refractivity (Wildman–Crippen MR) is 75.1 cm³/mol. The molecule has 1 unspecified atom stereocenters. The quantitative estimate of drug-likeness (QED) is 0.634. The zero-order valence-corrected chi connectivity index (χ0v) is 12.4. The standard InChI is InChI=1S/C12H24N2O3S/c1-9(6-8-18-4)13-11(17)14-12(2,3)7-5-10(15)16/h9H,5-8H2,1-4H3,(H,15,16)(H2,13,14,17). The number of amides is 2. The molecule has 0 fully saturated rings. The molecule has 6 heteroatoms. The average Bonchev–Trinajstić information content (AvgIpc) is 2.22. The monoisotopic (exact) mass is 276 g/mol. The minimum absolute atomic E-state index is 0.0509. The SMILES string of the molecule is CSCCC(C)NC(=O)NC(C)(C)CCC(=O)O. The Balaban J connectivity index is 4.01. The first-order valence-electron chi connectivity index (χ1n) is 6.06. The van der Waals surface area contributed by atoms with Crippen LogP contribution in [0.25, 0.3) is 0 Å². The first-order chi connectivity index (χ1) is 8.26. The van der Waals surface area contributed by atoms with E-state index >= 15 is 0 Å². The minimum atomic E-state index is -0.848. The van der Waals surface area contributed by atoms with Crippen molar-refractivity contribution >= 4 is 23.8 Å². The van der Waals surface area contributed by atoms with E-state index in [9.17, 15) is 9.59 Å². The summed E-state index contributed by atoms with van der Waals surface area (Å²) in [5.41, 5.74) is -0.512. The van der Waals surface area contributed by atoms with Gasteiger partial charge in [0.25, 0.3) is 0 Å². The van der Waals surface area contributed by atoms with Crippen LogP contribution < -0.4 is 10.6 Å². The van der Waals surface area contributed by atoms with Gasteiger partial charge in [-0.25, -0.2) is 4.79 Å². The maximum absolute atomic E-state index is 11.7. The van der Waals surface area contributed by atoms with Crippen LogP contribution in [0.4, 0.5) is 4.79 Å². The molecule has 0 heterocycles. The molecule has 0 aliphatic rings. The van der Waals surface area contributed by atoms with Crippen molar-refractivity contribution in [1.82, 2.24) is 10.6 Å². The van der Waals surface area contributed by atoms with Gasteiger partial charge in [0.05, 0.1) is 0 Å².